The van der Waals surface area contributed by atoms with Crippen molar-refractivity contribution in [3.63, 3.8) is 0 Å². The highest BCUT2D eigenvalue weighted by Crippen LogP contribution is 2.12. The van der Waals surface area contributed by atoms with Crippen LogP contribution in [0.25, 0.3) is 0 Å². The van der Waals surface area contributed by atoms with Crippen LogP contribution < -0.4 is 16.0 Å². The molecule has 2 rings (SSSR count). The Morgan fingerprint density at radius 3 is 2.18 bits per heavy atom. The molecule has 248 valence electrons. The summed E-state index contributed by atoms with van der Waals surface area (Å²) in [6, 6.07) is 5.66. The first-order valence-corrected chi connectivity index (χ1v) is 16.8. The molecule has 0 saturated heterocycles. The third-order valence-corrected chi connectivity index (χ3v) is 7.49. The highest BCUT2D eigenvalue weighted by atomic mass is 32.2. The Bertz CT molecular complexity index is 1340. The van der Waals surface area contributed by atoms with E-state index in [2.05, 4.69) is 16.0 Å². The van der Waals surface area contributed by atoms with Crippen LogP contribution in [-0.2, 0) is 45.2 Å². The number of hydrogen-bond acceptors (Lipinski definition) is 9. The molecule has 1 atom stereocenters. The normalized spacial score (nSPS) is 13.5. The summed E-state index contributed by atoms with van der Waals surface area (Å²) < 4.78 is 28.4. The summed E-state index contributed by atoms with van der Waals surface area (Å²) in [5.74, 6) is -2.05. The molecule has 3 N–H and O–H groups in total. The number of sulfone groups is 1. The molecule has 1 aliphatic rings. The molecule has 0 fully saturated rings. The Hall–Kier alpha value is -4.27. The molecule has 45 heavy (non-hydrogen) atoms. The van der Waals surface area contributed by atoms with E-state index in [9.17, 15) is 37.2 Å². The number of ether oxygens (including phenoxy) is 1. The van der Waals surface area contributed by atoms with Crippen LogP contribution in [0, 0.1) is 5.92 Å². The minimum atomic E-state index is -3.24. The molecule has 0 unspecified atom stereocenters. The average molecular weight is 650 g/mol. The van der Waals surface area contributed by atoms with Crippen LogP contribution in [0.1, 0.15) is 52.0 Å². The van der Waals surface area contributed by atoms with Gasteiger partial charge in [-0.25, -0.2) is 13.2 Å². The summed E-state index contributed by atoms with van der Waals surface area (Å²) in [5, 5.41) is 7.70. The zero-order valence-corrected chi connectivity index (χ0v) is 27.0. The lowest BCUT2D eigenvalue weighted by Gasteiger charge is -2.23. The van der Waals surface area contributed by atoms with Gasteiger partial charge in [-0.2, -0.15) is 0 Å². The monoisotopic (exact) mass is 649 g/mol. The van der Waals surface area contributed by atoms with Crippen LogP contribution in [0.2, 0.25) is 0 Å². The number of anilines is 1. The number of imide groups is 1. The summed E-state index contributed by atoms with van der Waals surface area (Å²) in [7, 11) is -3.24. The Morgan fingerprint density at radius 1 is 0.933 bits per heavy atom. The Balaban J connectivity index is 1.67. The lowest BCUT2D eigenvalue weighted by molar-refractivity contribution is -0.137. The zero-order valence-electron chi connectivity index (χ0n) is 26.2. The first-order valence-electron chi connectivity index (χ1n) is 14.7. The van der Waals surface area contributed by atoms with Gasteiger partial charge in [-0.15, -0.1) is 0 Å². The predicted octanol–water partition coefficient (Wildman–Crippen LogP) is 1.37. The number of carbonyl (C=O) groups excluding carboxylic acids is 6. The van der Waals surface area contributed by atoms with Crippen LogP contribution in [0.5, 0.6) is 0 Å². The van der Waals surface area contributed by atoms with Crippen LogP contribution in [0.4, 0.5) is 10.5 Å². The van der Waals surface area contributed by atoms with Gasteiger partial charge in [-0.1, -0.05) is 32.4 Å². The summed E-state index contributed by atoms with van der Waals surface area (Å²) in [5.41, 5.74) is 1.11. The highest BCUT2D eigenvalue weighted by molar-refractivity contribution is 7.90. The summed E-state index contributed by atoms with van der Waals surface area (Å²) in [6.45, 7) is 5.67. The van der Waals surface area contributed by atoms with Crippen molar-refractivity contribution in [3.05, 3.63) is 42.0 Å². The molecule has 0 aliphatic carbocycles. The molecule has 14 nitrogen and oxygen atoms in total. The van der Waals surface area contributed by atoms with Gasteiger partial charge in [0.2, 0.25) is 17.7 Å². The molecule has 15 heteroatoms. The summed E-state index contributed by atoms with van der Waals surface area (Å²) in [4.78, 5) is 74.8. The van der Waals surface area contributed by atoms with Crippen molar-refractivity contribution in [2.45, 2.75) is 59.1 Å². The van der Waals surface area contributed by atoms with Crippen molar-refractivity contribution in [2.75, 3.05) is 43.5 Å². The van der Waals surface area contributed by atoms with Crippen molar-refractivity contribution in [3.8, 4) is 0 Å². The highest BCUT2D eigenvalue weighted by Gasteiger charge is 2.22. The average Bonchev–Trinajstić information content (AvgIpc) is 3.29. The van der Waals surface area contributed by atoms with Gasteiger partial charge in [0.25, 0.3) is 11.8 Å². The van der Waals surface area contributed by atoms with E-state index in [0.717, 1.165) is 11.2 Å². The van der Waals surface area contributed by atoms with Crippen molar-refractivity contribution in [1.82, 2.24) is 20.4 Å². The van der Waals surface area contributed by atoms with E-state index < -0.39 is 33.8 Å². The van der Waals surface area contributed by atoms with Gasteiger partial charge in [-0.3, -0.25) is 28.9 Å². The van der Waals surface area contributed by atoms with E-state index in [0.29, 0.717) is 43.6 Å². The third kappa shape index (κ3) is 14.4. The van der Waals surface area contributed by atoms with E-state index >= 15 is 0 Å². The van der Waals surface area contributed by atoms with Crippen LogP contribution in [-0.4, -0.2) is 98.1 Å². The fraction of sp³-hybridized carbons (Fsp3) is 0.533. The molecular formula is C30H43N5O9S. The number of hydrogen-bond donors (Lipinski definition) is 3. The van der Waals surface area contributed by atoms with Crippen molar-refractivity contribution in [1.29, 1.82) is 0 Å². The number of amides is 6. The first-order chi connectivity index (χ1) is 21.1. The number of unbranched alkanes of at least 4 members (excludes halogenated alkanes) is 2. The van der Waals surface area contributed by atoms with Crippen LogP contribution in [0.15, 0.2) is 36.4 Å². The molecule has 1 aromatic carbocycles. The van der Waals surface area contributed by atoms with Crippen molar-refractivity contribution >= 4 is 51.2 Å². The molecule has 0 saturated carbocycles. The topological polar surface area (TPSA) is 188 Å². The second-order valence-electron chi connectivity index (χ2n) is 11.2. The molecule has 0 spiro atoms. The number of carbonyl (C=O) groups is 6. The fourth-order valence-corrected chi connectivity index (χ4v) is 4.71. The minimum Gasteiger partial charge on any atom is -0.445 e. The lowest BCUT2D eigenvalue weighted by atomic mass is 10.2. The zero-order chi connectivity index (χ0) is 33.6. The largest absolute Gasteiger partial charge is 0.445 e. The quantitative estimate of drug-likeness (QED) is 0.156. The molecule has 0 radical (unpaired) electrons. The van der Waals surface area contributed by atoms with E-state index in [1.807, 2.05) is 13.8 Å². The van der Waals surface area contributed by atoms with E-state index in [1.165, 1.54) is 24.0 Å². The second-order valence-corrected chi connectivity index (χ2v) is 13.5. The van der Waals surface area contributed by atoms with E-state index in [1.54, 1.807) is 24.3 Å². The molecule has 1 aromatic rings. The third-order valence-electron chi connectivity index (χ3n) is 6.56. The fourth-order valence-electron chi connectivity index (χ4n) is 4.15. The Labute approximate surface area is 263 Å². The van der Waals surface area contributed by atoms with Crippen LogP contribution in [0.3, 0.4) is 0 Å². The first kappa shape index (κ1) is 36.9. The number of nitrogens with zero attached hydrogens (tertiary/aromatic N) is 2. The van der Waals surface area contributed by atoms with Crippen molar-refractivity contribution < 1.29 is 41.9 Å². The van der Waals surface area contributed by atoms with Gasteiger partial charge in [-0.05, 0) is 43.4 Å². The molecule has 1 aliphatic heterocycles. The van der Waals surface area contributed by atoms with Gasteiger partial charge in [0.15, 0.2) is 0 Å². The van der Waals surface area contributed by atoms with Gasteiger partial charge in [0.1, 0.15) is 22.5 Å². The van der Waals surface area contributed by atoms with Crippen molar-refractivity contribution in [2.24, 2.45) is 5.92 Å². The SMILES string of the molecule is CC(C)CN(CCS(C)(=O)=O)C(=O)OCc1ccc(NC(=O)[C@H](C)NC(=O)CNC(=O)CCCCCN2C(=O)C=CC2=O)cc1. The minimum absolute atomic E-state index is 0.0367. The van der Waals surface area contributed by atoms with Gasteiger partial charge in [0.05, 0.1) is 12.3 Å². The molecule has 6 amide bonds. The molecular weight excluding hydrogens is 606 g/mol. The maximum atomic E-state index is 12.5. The van der Waals surface area contributed by atoms with Gasteiger partial charge >= 0.3 is 6.09 Å². The van der Waals surface area contributed by atoms with Crippen LogP contribution >= 0.6 is 0 Å². The maximum absolute atomic E-state index is 12.5. The Morgan fingerprint density at radius 2 is 1.58 bits per heavy atom. The number of benzene rings is 1. The van der Waals surface area contributed by atoms with E-state index in [-0.39, 0.29) is 55.5 Å². The maximum Gasteiger partial charge on any atom is 0.410 e. The molecule has 0 aromatic heterocycles. The van der Waals surface area contributed by atoms with Gasteiger partial charge in [0, 0.05) is 50.2 Å². The van der Waals surface area contributed by atoms with Gasteiger partial charge < -0.3 is 25.6 Å². The Kier molecular flexibility index (Phi) is 14.7. The molecule has 0 bridgehead atoms. The predicted molar refractivity (Wildman–Crippen MR) is 166 cm³/mol. The lowest BCUT2D eigenvalue weighted by Crippen LogP contribution is -2.45. The number of rotatable bonds is 18. The number of nitrogens with one attached hydrogen (secondary N) is 3. The van der Waals surface area contributed by atoms with E-state index in [4.69, 9.17) is 4.74 Å². The summed E-state index contributed by atoms with van der Waals surface area (Å²) >= 11 is 0. The molecule has 1 heterocycles. The second kappa shape index (κ2) is 17.9. The summed E-state index contributed by atoms with van der Waals surface area (Å²) in [6.07, 6.45) is 4.85. The standard InChI is InChI=1S/C30H43N5O9S/c1-21(2)19-34(16-17-45(4,42)43)30(41)44-20-23-9-11-24(12-10-23)33-29(40)22(3)32-26(37)18-31-25(36)8-6-5-7-15-35-27(38)13-14-28(35)39/h9-14,21-22H,5-8,15-20H2,1-4H3,(H,31,36)(H,32,37)(H,33,40)/t22-/m0/s1. The smallest absolute Gasteiger partial charge is 0.410 e.